The van der Waals surface area contributed by atoms with Gasteiger partial charge in [-0.3, -0.25) is 9.59 Å². The van der Waals surface area contributed by atoms with Crippen molar-refractivity contribution in [2.75, 3.05) is 13.7 Å². The zero-order chi connectivity index (χ0) is 24.3. The van der Waals surface area contributed by atoms with E-state index >= 15 is 0 Å². The van der Waals surface area contributed by atoms with Gasteiger partial charge in [-0.1, -0.05) is 59.6 Å². The number of hydrazone groups is 1. The lowest BCUT2D eigenvalue weighted by atomic mass is 10.1. The Hall–Kier alpha value is -3.55. The Morgan fingerprint density at radius 3 is 2.50 bits per heavy atom. The monoisotopic (exact) mass is 499 g/mol. The van der Waals surface area contributed by atoms with Crippen LogP contribution in [0.1, 0.15) is 16.7 Å². The third kappa shape index (κ3) is 7.50. The molecule has 3 rings (SSSR count). The summed E-state index contributed by atoms with van der Waals surface area (Å²) in [7, 11) is 1.51. The van der Waals surface area contributed by atoms with Gasteiger partial charge in [0.05, 0.1) is 13.3 Å². The number of hydrogen-bond acceptors (Lipinski definition) is 5. The molecule has 0 spiro atoms. The van der Waals surface area contributed by atoms with E-state index in [1.54, 1.807) is 36.4 Å². The second-order valence-corrected chi connectivity index (χ2v) is 7.97. The molecule has 0 heterocycles. The Labute approximate surface area is 207 Å². The van der Waals surface area contributed by atoms with Gasteiger partial charge in [0.25, 0.3) is 0 Å². The first-order valence-corrected chi connectivity index (χ1v) is 11.1. The van der Waals surface area contributed by atoms with Crippen LogP contribution in [-0.4, -0.2) is 31.7 Å². The van der Waals surface area contributed by atoms with Crippen LogP contribution >= 0.6 is 23.2 Å². The number of nitrogens with zero attached hydrogens (tertiary/aromatic N) is 1. The summed E-state index contributed by atoms with van der Waals surface area (Å²) in [5, 5.41) is 7.45. The van der Waals surface area contributed by atoms with Gasteiger partial charge < -0.3 is 14.8 Å². The number of ether oxygens (including phenoxy) is 2. The fourth-order valence-corrected chi connectivity index (χ4v) is 3.40. The number of halogens is 2. The largest absolute Gasteiger partial charge is 0.493 e. The first-order valence-electron chi connectivity index (χ1n) is 10.4. The van der Waals surface area contributed by atoms with Gasteiger partial charge in [0.15, 0.2) is 11.5 Å². The van der Waals surface area contributed by atoms with Crippen molar-refractivity contribution in [1.29, 1.82) is 0 Å². The third-order valence-corrected chi connectivity index (χ3v) is 5.30. The lowest BCUT2D eigenvalue weighted by Crippen LogP contribution is -2.38. The number of carbonyl (C=O) groups is 2. The molecule has 3 aromatic rings. The van der Waals surface area contributed by atoms with Crippen molar-refractivity contribution in [2.24, 2.45) is 5.10 Å². The van der Waals surface area contributed by atoms with E-state index < -0.39 is 11.8 Å². The van der Waals surface area contributed by atoms with Gasteiger partial charge in [-0.15, -0.1) is 0 Å². The van der Waals surface area contributed by atoms with Crippen LogP contribution in [0.2, 0.25) is 10.0 Å². The number of amides is 2. The summed E-state index contributed by atoms with van der Waals surface area (Å²) in [5.74, 6) is -0.627. The van der Waals surface area contributed by atoms with E-state index in [9.17, 15) is 9.59 Å². The summed E-state index contributed by atoms with van der Waals surface area (Å²) in [6.07, 6.45) is 2.03. The Morgan fingerprint density at radius 1 is 0.971 bits per heavy atom. The number of benzene rings is 3. The first-order chi connectivity index (χ1) is 16.5. The topological polar surface area (TPSA) is 89.0 Å². The van der Waals surface area contributed by atoms with E-state index in [0.717, 1.165) is 11.1 Å². The molecule has 0 atom stereocenters. The molecule has 3 aromatic carbocycles. The number of hydrogen-bond donors (Lipinski definition) is 2. The van der Waals surface area contributed by atoms with Crippen molar-refractivity contribution >= 4 is 41.2 Å². The average Bonchev–Trinajstić information content (AvgIpc) is 2.84. The van der Waals surface area contributed by atoms with Crippen molar-refractivity contribution in [2.45, 2.75) is 13.0 Å². The van der Waals surface area contributed by atoms with E-state index in [1.807, 2.05) is 30.3 Å². The molecule has 9 heteroatoms. The van der Waals surface area contributed by atoms with Crippen molar-refractivity contribution in [1.82, 2.24) is 10.7 Å². The van der Waals surface area contributed by atoms with Crippen LogP contribution < -0.4 is 20.2 Å². The van der Waals surface area contributed by atoms with Crippen molar-refractivity contribution < 1.29 is 19.1 Å². The van der Waals surface area contributed by atoms with Gasteiger partial charge in [-0.25, -0.2) is 5.43 Å². The molecule has 0 aliphatic rings. The molecule has 2 N–H and O–H groups in total. The van der Waals surface area contributed by atoms with Crippen molar-refractivity contribution in [3.8, 4) is 11.5 Å². The molecule has 0 unspecified atom stereocenters. The lowest BCUT2D eigenvalue weighted by Gasteiger charge is -2.12. The Balaban J connectivity index is 1.50. The van der Waals surface area contributed by atoms with E-state index in [-0.39, 0.29) is 6.61 Å². The second kappa shape index (κ2) is 12.6. The molecule has 0 radical (unpaired) electrons. The first kappa shape index (κ1) is 25.1. The molecule has 2 amide bonds. The molecule has 176 valence electrons. The van der Waals surface area contributed by atoms with Crippen LogP contribution in [-0.2, 0) is 22.6 Å². The van der Waals surface area contributed by atoms with Crippen LogP contribution in [0.4, 0.5) is 0 Å². The predicted molar refractivity (Wildman–Crippen MR) is 133 cm³/mol. The predicted octanol–water partition coefficient (Wildman–Crippen LogP) is 4.39. The molecule has 0 aliphatic heterocycles. The highest BCUT2D eigenvalue weighted by Gasteiger charge is 2.12. The molecule has 0 aliphatic carbocycles. The van der Waals surface area contributed by atoms with Gasteiger partial charge in [0.2, 0.25) is 0 Å². The highest BCUT2D eigenvalue weighted by molar-refractivity contribution is 6.35. The quantitative estimate of drug-likeness (QED) is 0.259. The molecule has 34 heavy (non-hydrogen) atoms. The number of carbonyl (C=O) groups excluding carboxylic acids is 2. The maximum Gasteiger partial charge on any atom is 0.329 e. The van der Waals surface area contributed by atoms with Crippen LogP contribution in [0.5, 0.6) is 11.5 Å². The normalized spacial score (nSPS) is 10.7. The minimum atomic E-state index is -0.851. The summed E-state index contributed by atoms with van der Waals surface area (Å²) < 4.78 is 11.2. The average molecular weight is 500 g/mol. The maximum absolute atomic E-state index is 11.9. The van der Waals surface area contributed by atoms with Gasteiger partial charge in [0.1, 0.15) is 6.61 Å². The highest BCUT2D eigenvalue weighted by atomic mass is 35.5. The van der Waals surface area contributed by atoms with E-state index in [1.165, 1.54) is 13.3 Å². The van der Waals surface area contributed by atoms with E-state index in [2.05, 4.69) is 15.8 Å². The van der Waals surface area contributed by atoms with Gasteiger partial charge >= 0.3 is 11.8 Å². The SMILES string of the molecule is COc1cc(/C=N\NC(=O)C(=O)NCCc2ccccc2)ccc1OCc1ccc(Cl)cc1Cl. The molecule has 0 fully saturated rings. The minimum absolute atomic E-state index is 0.231. The van der Waals surface area contributed by atoms with Crippen molar-refractivity contribution in [3.05, 3.63) is 93.5 Å². The Morgan fingerprint density at radius 2 is 1.76 bits per heavy atom. The lowest BCUT2D eigenvalue weighted by molar-refractivity contribution is -0.139. The molecule has 0 aromatic heterocycles. The van der Waals surface area contributed by atoms with E-state index in [0.29, 0.717) is 40.1 Å². The van der Waals surface area contributed by atoms with Crippen LogP contribution in [0.25, 0.3) is 0 Å². The van der Waals surface area contributed by atoms with Crippen molar-refractivity contribution in [3.63, 3.8) is 0 Å². The maximum atomic E-state index is 11.9. The van der Waals surface area contributed by atoms with Gasteiger partial charge in [-0.05, 0) is 47.9 Å². The summed E-state index contributed by atoms with van der Waals surface area (Å²) >= 11 is 12.1. The molecule has 0 saturated heterocycles. The van der Waals surface area contributed by atoms with Gasteiger partial charge in [-0.2, -0.15) is 5.10 Å². The summed E-state index contributed by atoms with van der Waals surface area (Å²) in [5.41, 5.74) is 4.70. The summed E-state index contributed by atoms with van der Waals surface area (Å²) in [6.45, 7) is 0.578. The minimum Gasteiger partial charge on any atom is -0.493 e. The zero-order valence-corrected chi connectivity index (χ0v) is 19.9. The Bertz CT molecular complexity index is 1170. The smallest absolute Gasteiger partial charge is 0.329 e. The highest BCUT2D eigenvalue weighted by Crippen LogP contribution is 2.29. The Kier molecular flexibility index (Phi) is 9.31. The summed E-state index contributed by atoms with van der Waals surface area (Å²) in [4.78, 5) is 23.8. The van der Waals surface area contributed by atoms with Crippen LogP contribution in [0.3, 0.4) is 0 Å². The number of rotatable bonds is 9. The zero-order valence-electron chi connectivity index (χ0n) is 18.4. The molecular weight excluding hydrogens is 477 g/mol. The number of nitrogens with one attached hydrogen (secondary N) is 2. The number of methoxy groups -OCH3 is 1. The van der Waals surface area contributed by atoms with Crippen LogP contribution in [0.15, 0.2) is 71.8 Å². The van der Waals surface area contributed by atoms with E-state index in [4.69, 9.17) is 32.7 Å². The second-order valence-electron chi connectivity index (χ2n) is 7.13. The standard InChI is InChI=1S/C25H23Cl2N3O4/c1-33-23-13-18(7-10-22(23)34-16-19-8-9-20(26)14-21(19)27)15-29-30-25(32)24(31)28-12-11-17-5-3-2-4-6-17/h2-10,13-15H,11-12,16H2,1H3,(H,28,31)(H,30,32)/b29-15-. The molecule has 0 saturated carbocycles. The fraction of sp³-hybridized carbons (Fsp3) is 0.160. The third-order valence-electron chi connectivity index (χ3n) is 4.71. The fourth-order valence-electron chi connectivity index (χ4n) is 2.94. The molecular formula is C25H23Cl2N3O4. The van der Waals surface area contributed by atoms with Crippen LogP contribution in [0, 0.1) is 0 Å². The van der Waals surface area contributed by atoms with Gasteiger partial charge in [0, 0.05) is 22.2 Å². The molecule has 7 nitrogen and oxygen atoms in total. The molecule has 0 bridgehead atoms. The summed E-state index contributed by atoms with van der Waals surface area (Å²) in [6, 6.07) is 20.0.